The highest BCUT2D eigenvalue weighted by Gasteiger charge is 2.40. The number of oxime groups is 1. The molecule has 0 N–H and O–H groups in total. The predicted octanol–water partition coefficient (Wildman–Crippen LogP) is 5.85. The predicted molar refractivity (Wildman–Crippen MR) is 121 cm³/mol. The Bertz CT molecular complexity index is 963. The van der Waals surface area contributed by atoms with Crippen molar-refractivity contribution in [2.75, 3.05) is 6.61 Å². The van der Waals surface area contributed by atoms with Crippen LogP contribution in [0, 0.1) is 5.92 Å². The molecular formula is C27H31NO3. The summed E-state index contributed by atoms with van der Waals surface area (Å²) < 4.78 is 12.7. The van der Waals surface area contributed by atoms with Gasteiger partial charge in [-0.2, -0.15) is 0 Å². The smallest absolute Gasteiger partial charge is 0.162 e. The van der Waals surface area contributed by atoms with Crippen LogP contribution in [-0.4, -0.2) is 24.0 Å². The van der Waals surface area contributed by atoms with Gasteiger partial charge in [-0.25, -0.2) is 0 Å². The molecule has 1 heterocycles. The zero-order valence-electron chi connectivity index (χ0n) is 18.1. The van der Waals surface area contributed by atoms with E-state index in [9.17, 15) is 0 Å². The van der Waals surface area contributed by atoms with Gasteiger partial charge in [-0.1, -0.05) is 35.8 Å². The van der Waals surface area contributed by atoms with Crippen LogP contribution < -0.4 is 9.47 Å². The molecule has 2 aromatic rings. The zero-order valence-corrected chi connectivity index (χ0v) is 18.1. The highest BCUT2D eigenvalue weighted by Crippen LogP contribution is 2.41. The molecule has 2 saturated carbocycles. The van der Waals surface area contributed by atoms with Gasteiger partial charge in [0.1, 0.15) is 11.7 Å². The van der Waals surface area contributed by atoms with Crippen LogP contribution in [0.3, 0.4) is 0 Å². The molecule has 1 aliphatic heterocycles. The number of fused-ring (bicyclic) bond motifs is 1. The van der Waals surface area contributed by atoms with Gasteiger partial charge in [-0.15, -0.1) is 0 Å². The first kappa shape index (κ1) is 19.2. The Balaban J connectivity index is 1.22. The van der Waals surface area contributed by atoms with Crippen LogP contribution >= 0.6 is 0 Å². The van der Waals surface area contributed by atoms with Crippen LogP contribution in [-0.2, 0) is 17.7 Å². The van der Waals surface area contributed by atoms with Crippen molar-refractivity contribution in [1.29, 1.82) is 0 Å². The van der Waals surface area contributed by atoms with E-state index in [0.29, 0.717) is 5.92 Å². The van der Waals surface area contributed by atoms with Gasteiger partial charge in [0.05, 0.1) is 12.3 Å². The minimum absolute atomic E-state index is 0.0666. The van der Waals surface area contributed by atoms with Crippen molar-refractivity contribution in [1.82, 2.24) is 0 Å². The molecule has 4 aliphatic rings. The van der Waals surface area contributed by atoms with E-state index in [-0.39, 0.29) is 11.7 Å². The summed E-state index contributed by atoms with van der Waals surface area (Å²) in [6, 6.07) is 15.0. The van der Waals surface area contributed by atoms with Gasteiger partial charge in [0, 0.05) is 24.8 Å². The standard InChI is InChI=1S/C27H31NO3/c1-4-12-27(13-5-1)17-24(28-31-27)22-10-11-25(29-18-19-8-9-19)26(16-22)30-23-14-20-6-2-3-7-21(20)15-23/h2-3,6-7,10-11,16,19,23H,1,4-5,8-9,12-15,17-18H2. The second kappa shape index (κ2) is 7.89. The highest BCUT2D eigenvalue weighted by molar-refractivity contribution is 6.02. The summed E-state index contributed by atoms with van der Waals surface area (Å²) in [6.07, 6.45) is 11.6. The Labute approximate surface area is 184 Å². The van der Waals surface area contributed by atoms with Crippen molar-refractivity contribution in [2.24, 2.45) is 11.1 Å². The minimum Gasteiger partial charge on any atom is -0.489 e. The minimum atomic E-state index is -0.0666. The van der Waals surface area contributed by atoms with E-state index < -0.39 is 0 Å². The largest absolute Gasteiger partial charge is 0.489 e. The van der Waals surface area contributed by atoms with Gasteiger partial charge < -0.3 is 14.3 Å². The van der Waals surface area contributed by atoms with Gasteiger partial charge in [0.2, 0.25) is 0 Å². The van der Waals surface area contributed by atoms with Crippen LogP contribution in [0.15, 0.2) is 47.6 Å². The SMILES string of the molecule is c1ccc2c(c1)CC(Oc1cc(C3=NOC4(CCCCC4)C3)ccc1OCC1CC1)C2. The Morgan fingerprint density at radius 2 is 1.71 bits per heavy atom. The monoisotopic (exact) mass is 417 g/mol. The summed E-state index contributed by atoms with van der Waals surface area (Å²) in [4.78, 5) is 6.00. The lowest BCUT2D eigenvalue weighted by atomic mass is 9.81. The highest BCUT2D eigenvalue weighted by atomic mass is 16.7. The zero-order chi connectivity index (χ0) is 20.7. The number of hydrogen-bond acceptors (Lipinski definition) is 4. The van der Waals surface area contributed by atoms with Crippen molar-refractivity contribution in [2.45, 2.75) is 75.9 Å². The molecule has 0 radical (unpaired) electrons. The first-order chi connectivity index (χ1) is 15.3. The Morgan fingerprint density at radius 1 is 0.935 bits per heavy atom. The quantitative estimate of drug-likeness (QED) is 0.592. The van der Waals surface area contributed by atoms with Gasteiger partial charge in [-0.05, 0) is 73.8 Å². The normalized spacial score (nSPS) is 22.1. The number of nitrogens with zero attached hydrogens (tertiary/aromatic N) is 1. The summed E-state index contributed by atoms with van der Waals surface area (Å²) in [6.45, 7) is 0.785. The topological polar surface area (TPSA) is 40.0 Å². The van der Waals surface area contributed by atoms with Crippen molar-refractivity contribution in [3.63, 3.8) is 0 Å². The lowest BCUT2D eigenvalue weighted by molar-refractivity contribution is -0.0449. The molecule has 2 fully saturated rings. The maximum atomic E-state index is 6.56. The number of ether oxygens (including phenoxy) is 2. The molecule has 4 nitrogen and oxygen atoms in total. The van der Waals surface area contributed by atoms with Crippen molar-refractivity contribution in [3.05, 3.63) is 59.2 Å². The van der Waals surface area contributed by atoms with E-state index >= 15 is 0 Å². The third-order valence-electron chi connectivity index (χ3n) is 7.36. The summed E-state index contributed by atoms with van der Waals surface area (Å²) in [5.74, 6) is 2.42. The summed E-state index contributed by atoms with van der Waals surface area (Å²) in [7, 11) is 0. The fraction of sp³-hybridized carbons (Fsp3) is 0.519. The van der Waals surface area contributed by atoms with Crippen LogP contribution in [0.1, 0.15) is 68.1 Å². The Kier molecular flexibility index (Phi) is 4.89. The van der Waals surface area contributed by atoms with Crippen LogP contribution in [0.25, 0.3) is 0 Å². The lowest BCUT2D eigenvalue weighted by Crippen LogP contribution is -2.31. The summed E-state index contributed by atoms with van der Waals surface area (Å²) in [5.41, 5.74) is 4.89. The molecule has 1 spiro atoms. The van der Waals surface area contributed by atoms with Gasteiger partial charge >= 0.3 is 0 Å². The van der Waals surface area contributed by atoms with E-state index in [1.54, 1.807) is 0 Å². The van der Waals surface area contributed by atoms with Crippen LogP contribution in [0.5, 0.6) is 11.5 Å². The molecule has 0 unspecified atom stereocenters. The Morgan fingerprint density at radius 3 is 2.45 bits per heavy atom. The van der Waals surface area contributed by atoms with Crippen molar-refractivity contribution < 1.29 is 14.3 Å². The van der Waals surface area contributed by atoms with Crippen molar-refractivity contribution in [3.8, 4) is 11.5 Å². The average Bonchev–Trinajstić information content (AvgIpc) is 3.40. The van der Waals surface area contributed by atoms with E-state index in [4.69, 9.17) is 14.3 Å². The fourth-order valence-electron chi connectivity index (χ4n) is 5.31. The molecule has 162 valence electrons. The third-order valence-corrected chi connectivity index (χ3v) is 7.36. The maximum absolute atomic E-state index is 6.56. The molecule has 31 heavy (non-hydrogen) atoms. The molecule has 6 rings (SSSR count). The molecule has 0 aromatic heterocycles. The van der Waals surface area contributed by atoms with E-state index in [0.717, 1.165) is 61.5 Å². The number of hydrogen-bond donors (Lipinski definition) is 0. The van der Waals surface area contributed by atoms with E-state index in [1.165, 1.54) is 43.2 Å². The van der Waals surface area contributed by atoms with Crippen molar-refractivity contribution >= 4 is 5.71 Å². The number of rotatable bonds is 6. The first-order valence-electron chi connectivity index (χ1n) is 12.0. The first-order valence-corrected chi connectivity index (χ1v) is 12.0. The second-order valence-corrected chi connectivity index (χ2v) is 9.88. The van der Waals surface area contributed by atoms with Crippen LogP contribution in [0.4, 0.5) is 0 Å². The van der Waals surface area contributed by atoms with Crippen LogP contribution in [0.2, 0.25) is 0 Å². The van der Waals surface area contributed by atoms with Gasteiger partial charge in [0.15, 0.2) is 11.5 Å². The lowest BCUT2D eigenvalue weighted by Gasteiger charge is -2.30. The van der Waals surface area contributed by atoms with Gasteiger partial charge in [-0.3, -0.25) is 0 Å². The molecule has 3 aliphatic carbocycles. The van der Waals surface area contributed by atoms with E-state index in [2.05, 4.69) is 47.6 Å². The molecule has 0 atom stereocenters. The van der Waals surface area contributed by atoms with E-state index in [1.807, 2.05) is 0 Å². The molecular weight excluding hydrogens is 386 g/mol. The molecule has 4 heteroatoms. The average molecular weight is 418 g/mol. The summed E-state index contributed by atoms with van der Waals surface area (Å²) >= 11 is 0. The second-order valence-electron chi connectivity index (χ2n) is 9.88. The third kappa shape index (κ3) is 4.05. The summed E-state index contributed by atoms with van der Waals surface area (Å²) in [5, 5.41) is 4.52. The molecule has 2 aromatic carbocycles. The molecule has 0 bridgehead atoms. The Hall–Kier alpha value is -2.49. The van der Waals surface area contributed by atoms with Gasteiger partial charge in [0.25, 0.3) is 0 Å². The maximum Gasteiger partial charge on any atom is 0.162 e. The number of benzene rings is 2. The fourth-order valence-corrected chi connectivity index (χ4v) is 5.31. The molecule has 0 amide bonds. The molecule has 0 saturated heterocycles.